The van der Waals surface area contributed by atoms with Crippen molar-refractivity contribution in [3.8, 4) is 5.75 Å². The highest BCUT2D eigenvalue weighted by Crippen LogP contribution is 2.51. The average Bonchev–Trinajstić information content (AvgIpc) is 3.23. The van der Waals surface area contributed by atoms with E-state index in [0.717, 1.165) is 0 Å². The van der Waals surface area contributed by atoms with Gasteiger partial charge >= 0.3 is 12.3 Å². The topological polar surface area (TPSA) is 66.8 Å². The van der Waals surface area contributed by atoms with Crippen molar-refractivity contribution in [3.63, 3.8) is 0 Å². The van der Waals surface area contributed by atoms with Crippen LogP contribution >= 0.6 is 0 Å². The third-order valence-corrected chi connectivity index (χ3v) is 3.69. The molecule has 1 aromatic rings. The molecule has 0 spiro atoms. The van der Waals surface area contributed by atoms with E-state index in [1.807, 2.05) is 0 Å². The summed E-state index contributed by atoms with van der Waals surface area (Å²) in [7, 11) is 1.48. The Hall–Kier alpha value is -2.25. The van der Waals surface area contributed by atoms with Crippen LogP contribution in [0.5, 0.6) is 5.75 Å². The monoisotopic (exact) mass is 331 g/mol. The Balaban J connectivity index is 2.03. The third kappa shape index (κ3) is 4.61. The summed E-state index contributed by atoms with van der Waals surface area (Å²) < 4.78 is 41.2. The maximum absolute atomic E-state index is 12.4. The van der Waals surface area contributed by atoms with Crippen molar-refractivity contribution < 1.29 is 32.6 Å². The van der Waals surface area contributed by atoms with Crippen LogP contribution in [0.4, 0.5) is 13.2 Å². The Kier molecular flexibility index (Phi) is 4.82. The van der Waals surface area contributed by atoms with Gasteiger partial charge in [0, 0.05) is 19.5 Å². The molecule has 2 rings (SSSR count). The van der Waals surface area contributed by atoms with Crippen molar-refractivity contribution in [3.05, 3.63) is 29.8 Å². The van der Waals surface area contributed by atoms with Gasteiger partial charge in [-0.1, -0.05) is 18.2 Å². The van der Waals surface area contributed by atoms with E-state index in [1.165, 1.54) is 30.1 Å². The second-order valence-corrected chi connectivity index (χ2v) is 5.44. The van der Waals surface area contributed by atoms with Crippen molar-refractivity contribution in [1.29, 1.82) is 0 Å². The molecular formula is C15H16F3NO4. The number of halogens is 3. The second kappa shape index (κ2) is 6.47. The standard InChI is InChI=1S/C15H16F3NO4/c1-19(7-6-13(20)21)14(22)11-8-10(11)9-4-2-3-5-12(9)23-15(16,17)18/h2-5,10-11H,6-8H2,1H3,(H,20,21)/t10-,11+/m0/s1. The predicted molar refractivity (Wildman–Crippen MR) is 73.9 cm³/mol. The Morgan fingerprint density at radius 3 is 2.61 bits per heavy atom. The van der Waals surface area contributed by atoms with Crippen LogP contribution in [0, 0.1) is 5.92 Å². The average molecular weight is 331 g/mol. The summed E-state index contributed by atoms with van der Waals surface area (Å²) in [6, 6.07) is 5.75. The molecule has 23 heavy (non-hydrogen) atoms. The number of amides is 1. The van der Waals surface area contributed by atoms with E-state index in [-0.39, 0.29) is 30.5 Å². The van der Waals surface area contributed by atoms with Crippen molar-refractivity contribution >= 4 is 11.9 Å². The number of carbonyl (C=O) groups excluding carboxylic acids is 1. The molecule has 0 heterocycles. The molecule has 126 valence electrons. The molecule has 2 atom stereocenters. The number of ether oxygens (including phenoxy) is 1. The van der Waals surface area contributed by atoms with Gasteiger partial charge in [0.05, 0.1) is 6.42 Å². The zero-order valence-corrected chi connectivity index (χ0v) is 12.3. The fraction of sp³-hybridized carbons (Fsp3) is 0.467. The highest BCUT2D eigenvalue weighted by atomic mass is 19.4. The van der Waals surface area contributed by atoms with Crippen LogP contribution in [0.1, 0.15) is 24.3 Å². The predicted octanol–water partition coefficient (Wildman–Crippen LogP) is 2.62. The second-order valence-electron chi connectivity index (χ2n) is 5.44. The summed E-state index contributed by atoms with van der Waals surface area (Å²) >= 11 is 0. The molecule has 0 radical (unpaired) electrons. The van der Waals surface area contributed by atoms with Gasteiger partial charge in [-0.15, -0.1) is 13.2 Å². The Bertz CT molecular complexity index is 603. The first-order chi connectivity index (χ1) is 10.7. The van der Waals surface area contributed by atoms with Crippen LogP contribution in [-0.4, -0.2) is 41.8 Å². The van der Waals surface area contributed by atoms with Gasteiger partial charge in [-0.05, 0) is 24.0 Å². The quantitative estimate of drug-likeness (QED) is 0.870. The molecule has 1 fully saturated rings. The van der Waals surface area contributed by atoms with E-state index in [4.69, 9.17) is 5.11 Å². The van der Waals surface area contributed by atoms with Crippen LogP contribution in [0.2, 0.25) is 0 Å². The lowest BCUT2D eigenvalue weighted by atomic mass is 10.1. The van der Waals surface area contributed by atoms with Gasteiger partial charge in [0.15, 0.2) is 0 Å². The highest BCUT2D eigenvalue weighted by molar-refractivity contribution is 5.83. The number of carbonyl (C=O) groups is 2. The summed E-state index contributed by atoms with van der Waals surface area (Å²) in [5.41, 5.74) is 0.342. The maximum Gasteiger partial charge on any atom is 0.573 e. The number of hydrogen-bond acceptors (Lipinski definition) is 3. The van der Waals surface area contributed by atoms with Gasteiger partial charge in [-0.3, -0.25) is 9.59 Å². The van der Waals surface area contributed by atoms with E-state index in [0.29, 0.717) is 12.0 Å². The van der Waals surface area contributed by atoms with E-state index in [2.05, 4.69) is 4.74 Å². The molecule has 8 heteroatoms. The Morgan fingerprint density at radius 2 is 2.00 bits per heavy atom. The molecule has 1 aromatic carbocycles. The first-order valence-corrected chi connectivity index (χ1v) is 7.00. The molecule has 1 N–H and O–H groups in total. The maximum atomic E-state index is 12.4. The van der Waals surface area contributed by atoms with Crippen LogP contribution < -0.4 is 4.74 Å². The number of benzene rings is 1. The van der Waals surface area contributed by atoms with Crippen LogP contribution in [0.3, 0.4) is 0 Å². The molecule has 0 unspecified atom stereocenters. The fourth-order valence-electron chi connectivity index (χ4n) is 2.47. The number of alkyl halides is 3. The van der Waals surface area contributed by atoms with Gasteiger partial charge in [0.25, 0.3) is 0 Å². The number of nitrogens with zero attached hydrogens (tertiary/aromatic N) is 1. The number of hydrogen-bond donors (Lipinski definition) is 1. The van der Waals surface area contributed by atoms with E-state index in [9.17, 15) is 22.8 Å². The SMILES string of the molecule is CN(CCC(=O)O)C(=O)[C@@H]1C[C@H]1c1ccccc1OC(F)(F)F. The smallest absolute Gasteiger partial charge is 0.481 e. The van der Waals surface area contributed by atoms with Crippen molar-refractivity contribution in [1.82, 2.24) is 4.90 Å². The van der Waals surface area contributed by atoms with Crippen molar-refractivity contribution in [2.45, 2.75) is 25.1 Å². The van der Waals surface area contributed by atoms with Crippen LogP contribution in [0.15, 0.2) is 24.3 Å². The van der Waals surface area contributed by atoms with Crippen molar-refractivity contribution in [2.24, 2.45) is 5.92 Å². The van der Waals surface area contributed by atoms with Crippen molar-refractivity contribution in [2.75, 3.05) is 13.6 Å². The number of carboxylic acid groups (broad SMARTS) is 1. The van der Waals surface area contributed by atoms with Gasteiger partial charge in [-0.25, -0.2) is 0 Å². The van der Waals surface area contributed by atoms with E-state index < -0.39 is 18.2 Å². The molecule has 0 bridgehead atoms. The molecule has 1 aliphatic carbocycles. The zero-order chi connectivity index (χ0) is 17.2. The molecule has 0 saturated heterocycles. The van der Waals surface area contributed by atoms with Gasteiger partial charge < -0.3 is 14.7 Å². The number of aliphatic carboxylic acids is 1. The molecule has 1 saturated carbocycles. The number of para-hydroxylation sites is 1. The lowest BCUT2D eigenvalue weighted by Gasteiger charge is -2.17. The molecule has 0 aromatic heterocycles. The molecule has 1 aliphatic rings. The Labute approximate surface area is 130 Å². The summed E-state index contributed by atoms with van der Waals surface area (Å²) in [6.45, 7) is 0.0675. The minimum atomic E-state index is -4.79. The first kappa shape index (κ1) is 17.1. The third-order valence-electron chi connectivity index (χ3n) is 3.69. The summed E-state index contributed by atoms with van der Waals surface area (Å²) in [6.07, 6.45) is -4.54. The first-order valence-electron chi connectivity index (χ1n) is 7.00. The lowest BCUT2D eigenvalue weighted by Crippen LogP contribution is -2.30. The normalized spacial score (nSPS) is 20.0. The van der Waals surface area contributed by atoms with Gasteiger partial charge in [-0.2, -0.15) is 0 Å². The minimum Gasteiger partial charge on any atom is -0.481 e. The van der Waals surface area contributed by atoms with E-state index in [1.54, 1.807) is 6.07 Å². The number of carboxylic acids is 1. The fourth-order valence-corrected chi connectivity index (χ4v) is 2.47. The van der Waals surface area contributed by atoms with Crippen LogP contribution in [0.25, 0.3) is 0 Å². The summed E-state index contributed by atoms with van der Waals surface area (Å²) in [5.74, 6) is -2.35. The largest absolute Gasteiger partial charge is 0.573 e. The molecule has 1 amide bonds. The lowest BCUT2D eigenvalue weighted by molar-refractivity contribution is -0.274. The molecule has 0 aliphatic heterocycles. The molecule has 5 nitrogen and oxygen atoms in total. The van der Waals surface area contributed by atoms with Crippen LogP contribution in [-0.2, 0) is 9.59 Å². The zero-order valence-electron chi connectivity index (χ0n) is 12.3. The summed E-state index contributed by atoms with van der Waals surface area (Å²) in [4.78, 5) is 24.0. The minimum absolute atomic E-state index is 0.0675. The highest BCUT2D eigenvalue weighted by Gasteiger charge is 2.47. The molecular weight excluding hydrogens is 315 g/mol. The van der Waals surface area contributed by atoms with E-state index >= 15 is 0 Å². The summed E-state index contributed by atoms with van der Waals surface area (Å²) in [5, 5.41) is 8.61. The number of rotatable bonds is 6. The Morgan fingerprint density at radius 1 is 1.35 bits per heavy atom. The van der Waals surface area contributed by atoms with Gasteiger partial charge in [0.2, 0.25) is 5.91 Å². The van der Waals surface area contributed by atoms with Gasteiger partial charge in [0.1, 0.15) is 5.75 Å².